The maximum atomic E-state index is 5.43. The highest BCUT2D eigenvalue weighted by Gasteiger charge is 2.11. The zero-order valence-electron chi connectivity index (χ0n) is 11.4. The van der Waals surface area contributed by atoms with Gasteiger partial charge in [0.05, 0.1) is 11.4 Å². The van der Waals surface area contributed by atoms with Crippen molar-refractivity contribution < 1.29 is 0 Å². The Bertz CT molecular complexity index is 821. The second kappa shape index (κ2) is 5.87. The van der Waals surface area contributed by atoms with Gasteiger partial charge in [0.1, 0.15) is 0 Å². The van der Waals surface area contributed by atoms with Crippen LogP contribution in [0.15, 0.2) is 59.1 Å². The van der Waals surface area contributed by atoms with E-state index in [0.29, 0.717) is 4.77 Å². The lowest BCUT2D eigenvalue weighted by atomic mass is 10.1. The van der Waals surface area contributed by atoms with Crippen LogP contribution in [0.3, 0.4) is 0 Å². The summed E-state index contributed by atoms with van der Waals surface area (Å²) in [4.78, 5) is 3.21. The SMILES string of the molecule is Cc1[nH]c(=S)n(Nc2cccc(Br)c2)c1-c1ccccc1. The molecule has 0 aliphatic carbocycles. The maximum Gasteiger partial charge on any atom is 0.197 e. The summed E-state index contributed by atoms with van der Waals surface area (Å²) in [6.07, 6.45) is 0. The maximum absolute atomic E-state index is 5.43. The molecule has 0 fully saturated rings. The Balaban J connectivity index is 2.09. The van der Waals surface area contributed by atoms with Gasteiger partial charge in [-0.05, 0) is 37.3 Å². The molecule has 2 N–H and O–H groups in total. The van der Waals surface area contributed by atoms with Crippen LogP contribution in [0.5, 0.6) is 0 Å². The second-order valence-corrected chi connectivity index (χ2v) is 6.03. The number of hydrogen-bond acceptors (Lipinski definition) is 2. The smallest absolute Gasteiger partial charge is 0.197 e. The number of nitrogens with one attached hydrogen (secondary N) is 2. The molecule has 0 spiro atoms. The van der Waals surface area contributed by atoms with Crippen molar-refractivity contribution in [3.63, 3.8) is 0 Å². The standard InChI is InChI=1S/C16H14BrN3S/c1-11-15(12-6-3-2-4-7-12)20(16(21)18-11)19-14-9-5-8-13(17)10-14/h2-10,19H,1H3,(H,18,21). The molecule has 0 saturated carbocycles. The molecule has 1 heterocycles. The van der Waals surface area contributed by atoms with E-state index in [4.69, 9.17) is 12.2 Å². The minimum absolute atomic E-state index is 0.645. The molecule has 3 aromatic rings. The highest BCUT2D eigenvalue weighted by atomic mass is 79.9. The van der Waals surface area contributed by atoms with Crippen molar-refractivity contribution in [1.29, 1.82) is 0 Å². The molecule has 0 saturated heterocycles. The Morgan fingerprint density at radius 2 is 1.86 bits per heavy atom. The van der Waals surface area contributed by atoms with Crippen LogP contribution >= 0.6 is 28.1 Å². The highest BCUT2D eigenvalue weighted by molar-refractivity contribution is 9.10. The fraction of sp³-hybridized carbons (Fsp3) is 0.0625. The molecule has 21 heavy (non-hydrogen) atoms. The van der Waals surface area contributed by atoms with E-state index >= 15 is 0 Å². The molecule has 1 aromatic heterocycles. The number of benzene rings is 2. The lowest BCUT2D eigenvalue weighted by Gasteiger charge is -2.12. The van der Waals surface area contributed by atoms with Crippen LogP contribution < -0.4 is 5.43 Å². The van der Waals surface area contributed by atoms with Gasteiger partial charge in [-0.25, -0.2) is 4.68 Å². The van der Waals surface area contributed by atoms with Gasteiger partial charge in [0.15, 0.2) is 4.77 Å². The lowest BCUT2D eigenvalue weighted by Crippen LogP contribution is -2.10. The summed E-state index contributed by atoms with van der Waals surface area (Å²) in [6, 6.07) is 18.2. The van der Waals surface area contributed by atoms with Crippen LogP contribution in [0, 0.1) is 11.7 Å². The van der Waals surface area contributed by atoms with Gasteiger partial charge in [0.25, 0.3) is 0 Å². The first kappa shape index (κ1) is 14.1. The quantitative estimate of drug-likeness (QED) is 0.633. The first-order valence-corrected chi connectivity index (χ1v) is 7.75. The Kier molecular flexibility index (Phi) is 3.94. The van der Waals surface area contributed by atoms with E-state index in [9.17, 15) is 0 Å². The third-order valence-corrected chi connectivity index (χ3v) is 3.97. The molecule has 0 radical (unpaired) electrons. The number of rotatable bonds is 3. The van der Waals surface area contributed by atoms with Gasteiger partial charge in [-0.2, -0.15) is 0 Å². The summed E-state index contributed by atoms with van der Waals surface area (Å²) in [6.45, 7) is 2.03. The van der Waals surface area contributed by atoms with Crippen molar-refractivity contribution in [2.75, 3.05) is 5.43 Å². The predicted molar refractivity (Wildman–Crippen MR) is 93.0 cm³/mol. The van der Waals surface area contributed by atoms with Gasteiger partial charge in [-0.3, -0.25) is 5.43 Å². The van der Waals surface area contributed by atoms with Gasteiger partial charge in [-0.1, -0.05) is 52.3 Å². The van der Waals surface area contributed by atoms with E-state index in [1.807, 2.05) is 54.1 Å². The first-order chi connectivity index (χ1) is 10.1. The van der Waals surface area contributed by atoms with Gasteiger partial charge in [0.2, 0.25) is 0 Å². The molecule has 106 valence electrons. The predicted octanol–water partition coefficient (Wildman–Crippen LogP) is 5.16. The van der Waals surface area contributed by atoms with Crippen LogP contribution in [0.4, 0.5) is 5.69 Å². The Morgan fingerprint density at radius 3 is 2.57 bits per heavy atom. The summed E-state index contributed by atoms with van der Waals surface area (Å²) in [5, 5.41) is 0. The molecule has 5 heteroatoms. The van der Waals surface area contributed by atoms with E-state index in [1.165, 1.54) is 0 Å². The van der Waals surface area contributed by atoms with E-state index in [0.717, 1.165) is 27.1 Å². The Hall–Kier alpha value is -1.85. The third kappa shape index (κ3) is 2.94. The first-order valence-electron chi connectivity index (χ1n) is 6.55. The van der Waals surface area contributed by atoms with Crippen molar-refractivity contribution >= 4 is 33.8 Å². The van der Waals surface area contributed by atoms with Crippen LogP contribution in [0.25, 0.3) is 11.3 Å². The zero-order chi connectivity index (χ0) is 14.8. The molecule has 0 amide bonds. The van der Waals surface area contributed by atoms with E-state index < -0.39 is 0 Å². The third-order valence-electron chi connectivity index (χ3n) is 3.19. The molecule has 0 aliphatic heterocycles. The van der Waals surface area contributed by atoms with E-state index in [2.05, 4.69) is 38.5 Å². The number of aromatic nitrogens is 2. The number of hydrogen-bond donors (Lipinski definition) is 2. The normalized spacial score (nSPS) is 10.6. The number of H-pyrrole nitrogens is 1. The lowest BCUT2D eigenvalue weighted by molar-refractivity contribution is 0.942. The van der Waals surface area contributed by atoms with Crippen LogP contribution in [0.2, 0.25) is 0 Å². The number of nitrogens with zero attached hydrogens (tertiary/aromatic N) is 1. The minimum atomic E-state index is 0.645. The van der Waals surface area contributed by atoms with Gasteiger partial charge < -0.3 is 4.98 Å². The fourth-order valence-corrected chi connectivity index (χ4v) is 2.97. The number of imidazole rings is 1. The average molecular weight is 360 g/mol. The van der Waals surface area contributed by atoms with Crippen LogP contribution in [-0.4, -0.2) is 9.66 Å². The summed E-state index contributed by atoms with van der Waals surface area (Å²) in [5.74, 6) is 0. The largest absolute Gasteiger partial charge is 0.333 e. The second-order valence-electron chi connectivity index (χ2n) is 4.73. The summed E-state index contributed by atoms with van der Waals surface area (Å²) < 4.78 is 3.57. The molecule has 2 aromatic carbocycles. The molecule has 0 aliphatic rings. The number of aryl methyl sites for hydroxylation is 1. The molecule has 3 rings (SSSR count). The highest BCUT2D eigenvalue weighted by Crippen LogP contribution is 2.24. The molecule has 3 nitrogen and oxygen atoms in total. The van der Waals surface area contributed by atoms with Gasteiger partial charge >= 0.3 is 0 Å². The molecule has 0 bridgehead atoms. The van der Waals surface area contributed by atoms with Crippen LogP contribution in [0.1, 0.15) is 5.69 Å². The van der Waals surface area contributed by atoms with Crippen molar-refractivity contribution in [2.45, 2.75) is 6.92 Å². The summed E-state index contributed by atoms with van der Waals surface area (Å²) in [7, 11) is 0. The number of halogens is 1. The van der Waals surface area contributed by atoms with Crippen LogP contribution in [-0.2, 0) is 0 Å². The monoisotopic (exact) mass is 359 g/mol. The van der Waals surface area contributed by atoms with E-state index in [-0.39, 0.29) is 0 Å². The van der Waals surface area contributed by atoms with Crippen molar-refractivity contribution in [2.24, 2.45) is 0 Å². The fourth-order valence-electron chi connectivity index (χ4n) is 2.28. The molecule has 0 atom stereocenters. The van der Waals surface area contributed by atoms with E-state index in [1.54, 1.807) is 0 Å². The molecule has 0 unspecified atom stereocenters. The summed E-state index contributed by atoms with van der Waals surface area (Å²) >= 11 is 8.91. The molecular weight excluding hydrogens is 346 g/mol. The Labute approximate surface area is 136 Å². The average Bonchev–Trinajstić information content (AvgIpc) is 2.74. The number of aromatic amines is 1. The Morgan fingerprint density at radius 1 is 1.10 bits per heavy atom. The van der Waals surface area contributed by atoms with Crippen molar-refractivity contribution in [1.82, 2.24) is 9.66 Å². The van der Waals surface area contributed by atoms with Gasteiger partial charge in [-0.15, -0.1) is 0 Å². The molecular formula is C16H14BrN3S. The number of anilines is 1. The zero-order valence-corrected chi connectivity index (χ0v) is 13.8. The minimum Gasteiger partial charge on any atom is -0.333 e. The summed E-state index contributed by atoms with van der Waals surface area (Å²) in [5.41, 5.74) is 7.51. The van der Waals surface area contributed by atoms with Crippen molar-refractivity contribution in [3.05, 3.63) is 69.5 Å². The topological polar surface area (TPSA) is 32.8 Å². The van der Waals surface area contributed by atoms with Gasteiger partial charge in [0, 0.05) is 15.7 Å². The van der Waals surface area contributed by atoms with Crippen molar-refractivity contribution in [3.8, 4) is 11.3 Å².